The Morgan fingerprint density at radius 1 is 0.960 bits per heavy atom. The van der Waals surface area contributed by atoms with Crippen molar-refractivity contribution in [2.75, 3.05) is 39.5 Å². The smallest absolute Gasteiger partial charge is 0.260 e. The third kappa shape index (κ3) is 7.39. The Labute approximate surface area is 293 Å². The number of rotatable bonds is 12. The van der Waals surface area contributed by atoms with Crippen molar-refractivity contribution < 1.29 is 19.4 Å². The summed E-state index contributed by atoms with van der Waals surface area (Å²) in [4.78, 5) is 35.1. The molecule has 1 saturated heterocycles. The molecule has 4 unspecified atom stereocenters. The number of para-hydroxylation sites is 1. The van der Waals surface area contributed by atoms with Gasteiger partial charge in [0.05, 0.1) is 42.7 Å². The van der Waals surface area contributed by atoms with Gasteiger partial charge in [-0.25, -0.2) is 0 Å². The summed E-state index contributed by atoms with van der Waals surface area (Å²) in [5.41, 5.74) is 9.65. The number of fused-ring (bicyclic) bond motifs is 1. The molecule has 2 fully saturated rings. The van der Waals surface area contributed by atoms with E-state index >= 15 is 0 Å². The summed E-state index contributed by atoms with van der Waals surface area (Å²) in [6.45, 7) is 3.86. The normalized spacial score (nSPS) is 20.1. The maximum Gasteiger partial charge on any atom is 0.260 e. The fourth-order valence-electron chi connectivity index (χ4n) is 8.08. The van der Waals surface area contributed by atoms with Gasteiger partial charge in [0.2, 0.25) is 0 Å². The Morgan fingerprint density at radius 3 is 2.44 bits per heavy atom. The summed E-state index contributed by atoms with van der Waals surface area (Å²) in [5, 5.41) is 16.8. The number of aromatic nitrogens is 2. The number of nitrogens with one attached hydrogen (secondary N) is 1. The Bertz CT molecular complexity index is 1800. The number of hydrogen-bond acceptors (Lipinski definition) is 8. The number of carbonyl (C=O) groups excluding carboxylic acids is 1. The number of primary amides is 1. The van der Waals surface area contributed by atoms with Gasteiger partial charge in [0, 0.05) is 67.6 Å². The highest BCUT2D eigenvalue weighted by Crippen LogP contribution is 2.38. The number of hydrogen-bond donors (Lipinski definition) is 3. The molecule has 4 aromatic rings. The van der Waals surface area contributed by atoms with E-state index in [1.54, 1.807) is 24.4 Å². The predicted molar refractivity (Wildman–Crippen MR) is 192 cm³/mol. The van der Waals surface area contributed by atoms with Gasteiger partial charge in [-0.2, -0.15) is 0 Å². The molecule has 262 valence electrons. The molecule has 2 aromatic heterocycles. The van der Waals surface area contributed by atoms with E-state index in [4.69, 9.17) is 15.2 Å². The van der Waals surface area contributed by atoms with Crippen LogP contribution in [-0.4, -0.2) is 77.1 Å². The van der Waals surface area contributed by atoms with E-state index in [1.807, 2.05) is 59.2 Å². The number of benzene rings is 2. The fourth-order valence-corrected chi connectivity index (χ4v) is 8.08. The Balaban J connectivity index is 1.38. The number of pyridine rings is 2. The maximum absolute atomic E-state index is 14.7. The number of amides is 1. The molecule has 10 nitrogen and oxygen atoms in total. The average molecular weight is 678 g/mol. The van der Waals surface area contributed by atoms with Gasteiger partial charge in [-0.3, -0.25) is 19.5 Å². The van der Waals surface area contributed by atoms with Crippen LogP contribution in [-0.2, 0) is 11.2 Å². The molecule has 4 heterocycles. The quantitative estimate of drug-likeness (QED) is 0.198. The third-order valence-electron chi connectivity index (χ3n) is 10.6. The van der Waals surface area contributed by atoms with E-state index in [9.17, 15) is 14.7 Å². The SMILES string of the molecule is NC(=O)c1cc(-c2ccccn2)c(=O)n(C2CCCC2)c1C(Cc1ccccc1)C(O)C(CN1CCOCC1)NC1CCOc2ccccc21. The second-order valence-electron chi connectivity index (χ2n) is 13.8. The zero-order valence-electron chi connectivity index (χ0n) is 28.5. The summed E-state index contributed by atoms with van der Waals surface area (Å²) in [5.74, 6) is -0.433. The van der Waals surface area contributed by atoms with Crippen LogP contribution in [0.5, 0.6) is 5.75 Å². The van der Waals surface area contributed by atoms with Crippen LogP contribution < -0.4 is 21.3 Å². The monoisotopic (exact) mass is 677 g/mol. The van der Waals surface area contributed by atoms with Gasteiger partial charge in [0.1, 0.15) is 5.75 Å². The summed E-state index contributed by atoms with van der Waals surface area (Å²) >= 11 is 0. The third-order valence-corrected chi connectivity index (χ3v) is 10.6. The molecule has 1 amide bonds. The molecule has 7 rings (SSSR count). The molecule has 4 atom stereocenters. The number of nitrogens with zero attached hydrogens (tertiary/aromatic N) is 3. The molecule has 3 aliphatic rings. The Morgan fingerprint density at radius 2 is 1.70 bits per heavy atom. The van der Waals surface area contributed by atoms with Crippen molar-refractivity contribution in [2.24, 2.45) is 5.73 Å². The van der Waals surface area contributed by atoms with Crippen LogP contribution in [0.3, 0.4) is 0 Å². The zero-order chi connectivity index (χ0) is 34.5. The van der Waals surface area contributed by atoms with Gasteiger partial charge in [-0.1, -0.05) is 67.4 Å². The molecule has 0 bridgehead atoms. The lowest BCUT2D eigenvalue weighted by Gasteiger charge is -2.40. The minimum atomic E-state index is -1.00. The minimum absolute atomic E-state index is 0.0582. The van der Waals surface area contributed by atoms with E-state index < -0.39 is 24.0 Å². The van der Waals surface area contributed by atoms with Gasteiger partial charge in [0.15, 0.2) is 0 Å². The van der Waals surface area contributed by atoms with Gasteiger partial charge in [-0.05, 0) is 49.1 Å². The highest BCUT2D eigenvalue weighted by Gasteiger charge is 2.39. The highest BCUT2D eigenvalue weighted by atomic mass is 16.5. The molecular formula is C40H47N5O5. The minimum Gasteiger partial charge on any atom is -0.493 e. The zero-order valence-corrected chi connectivity index (χ0v) is 28.5. The van der Waals surface area contributed by atoms with E-state index in [1.165, 1.54) is 0 Å². The van der Waals surface area contributed by atoms with Crippen LogP contribution in [0.4, 0.5) is 0 Å². The molecular weight excluding hydrogens is 630 g/mol. The molecule has 10 heteroatoms. The lowest BCUT2D eigenvalue weighted by atomic mass is 9.83. The summed E-state index contributed by atoms with van der Waals surface area (Å²) in [7, 11) is 0. The maximum atomic E-state index is 14.7. The van der Waals surface area contributed by atoms with Crippen LogP contribution in [0.1, 0.15) is 77.3 Å². The topological polar surface area (TPSA) is 132 Å². The first-order chi connectivity index (χ1) is 24.5. The van der Waals surface area contributed by atoms with Crippen molar-refractivity contribution >= 4 is 5.91 Å². The van der Waals surface area contributed by atoms with E-state index in [-0.39, 0.29) is 23.2 Å². The largest absolute Gasteiger partial charge is 0.493 e. The van der Waals surface area contributed by atoms with Crippen LogP contribution >= 0.6 is 0 Å². The number of aliphatic hydroxyl groups excluding tert-OH is 1. The number of carbonyl (C=O) groups is 1. The molecule has 2 aliphatic heterocycles. The van der Waals surface area contributed by atoms with Crippen LogP contribution in [0.2, 0.25) is 0 Å². The van der Waals surface area contributed by atoms with Crippen molar-refractivity contribution in [1.82, 2.24) is 19.8 Å². The summed E-state index contributed by atoms with van der Waals surface area (Å²) < 4.78 is 13.5. The highest BCUT2D eigenvalue weighted by molar-refractivity contribution is 5.95. The summed E-state index contributed by atoms with van der Waals surface area (Å²) in [6.07, 6.45) is 5.36. The molecule has 0 radical (unpaired) electrons. The van der Waals surface area contributed by atoms with Crippen molar-refractivity contribution in [2.45, 2.75) is 68.7 Å². The lowest BCUT2D eigenvalue weighted by molar-refractivity contribution is 0.0125. The number of ether oxygens (including phenoxy) is 2. The summed E-state index contributed by atoms with van der Waals surface area (Å²) in [6, 6.07) is 24.4. The Kier molecular flexibility index (Phi) is 10.7. The second kappa shape index (κ2) is 15.7. The van der Waals surface area contributed by atoms with Gasteiger partial charge in [0.25, 0.3) is 11.5 Å². The van der Waals surface area contributed by atoms with Crippen LogP contribution in [0, 0.1) is 0 Å². The van der Waals surface area contributed by atoms with Crippen molar-refractivity contribution in [3.8, 4) is 17.0 Å². The molecule has 2 aromatic carbocycles. The molecule has 0 spiro atoms. The average Bonchev–Trinajstić information content (AvgIpc) is 3.69. The fraction of sp³-hybridized carbons (Fsp3) is 0.425. The van der Waals surface area contributed by atoms with E-state index in [0.29, 0.717) is 49.7 Å². The van der Waals surface area contributed by atoms with Crippen molar-refractivity contribution in [3.63, 3.8) is 0 Å². The first-order valence-electron chi connectivity index (χ1n) is 18.0. The van der Waals surface area contributed by atoms with Crippen LogP contribution in [0.25, 0.3) is 11.3 Å². The van der Waals surface area contributed by atoms with Gasteiger partial charge >= 0.3 is 0 Å². The predicted octanol–water partition coefficient (Wildman–Crippen LogP) is 4.63. The first-order valence-corrected chi connectivity index (χ1v) is 18.0. The van der Waals surface area contributed by atoms with Gasteiger partial charge < -0.3 is 30.2 Å². The molecule has 1 saturated carbocycles. The molecule has 4 N–H and O–H groups in total. The molecule has 1 aliphatic carbocycles. The second-order valence-corrected chi connectivity index (χ2v) is 13.8. The van der Waals surface area contributed by atoms with Gasteiger partial charge in [-0.15, -0.1) is 0 Å². The van der Waals surface area contributed by atoms with E-state index in [2.05, 4.69) is 21.3 Å². The first kappa shape index (κ1) is 34.1. The Hall–Kier alpha value is -4.35. The number of nitrogens with two attached hydrogens (primary N) is 1. The van der Waals surface area contributed by atoms with Crippen molar-refractivity contribution in [1.29, 1.82) is 0 Å². The number of morpholine rings is 1. The standard InChI is InChI=1S/C40H47N5O5/c41-39(47)32-25-30(33-15-8-9-18-42-33)40(48)45(28-12-4-5-13-28)37(32)31(24-27-10-2-1-3-11-27)38(46)35(26-44-19-22-49-23-20-44)43-34-17-21-50-36-16-7-6-14-29(34)36/h1-3,6-11,14-16,18,25,28,31,34-35,38,43,46H,4-5,12-13,17,19-24,26H2,(H2,41,47). The van der Waals surface area contributed by atoms with Crippen LogP contribution in [0.15, 0.2) is 89.9 Å². The lowest BCUT2D eigenvalue weighted by Crippen LogP contribution is -2.54. The number of aliphatic hydroxyl groups is 1. The van der Waals surface area contributed by atoms with Crippen molar-refractivity contribution in [3.05, 3.63) is 118 Å². The molecule has 50 heavy (non-hydrogen) atoms. The van der Waals surface area contributed by atoms with E-state index in [0.717, 1.165) is 62.1 Å².